The molecule has 0 amide bonds. The van der Waals surface area contributed by atoms with Crippen LogP contribution in [0.5, 0.6) is 5.88 Å². The van der Waals surface area contributed by atoms with Crippen molar-refractivity contribution >= 4 is 0 Å². The van der Waals surface area contributed by atoms with Crippen LogP contribution < -0.4 is 10.5 Å². The van der Waals surface area contributed by atoms with Crippen molar-refractivity contribution in [2.75, 3.05) is 6.54 Å². The van der Waals surface area contributed by atoms with Gasteiger partial charge in [-0.2, -0.15) is 5.10 Å². The fourth-order valence-corrected chi connectivity index (χ4v) is 1.31. The second kappa shape index (κ2) is 4.46. The van der Waals surface area contributed by atoms with E-state index in [-0.39, 0.29) is 6.10 Å². The quantitative estimate of drug-likeness (QED) is 0.786. The SMILES string of the molecule is Cc1cc(OC(CN)C(C)C)n(C)n1. The van der Waals surface area contributed by atoms with Gasteiger partial charge in [0.1, 0.15) is 6.10 Å². The Bertz CT molecular complexity index is 294. The third kappa shape index (κ3) is 2.48. The molecule has 0 spiro atoms. The van der Waals surface area contributed by atoms with Crippen molar-refractivity contribution in [1.29, 1.82) is 0 Å². The summed E-state index contributed by atoms with van der Waals surface area (Å²) in [7, 11) is 1.87. The van der Waals surface area contributed by atoms with E-state index in [0.717, 1.165) is 11.6 Å². The van der Waals surface area contributed by atoms with Crippen LogP contribution in [0.25, 0.3) is 0 Å². The van der Waals surface area contributed by atoms with Crippen molar-refractivity contribution in [3.63, 3.8) is 0 Å². The molecule has 0 aliphatic heterocycles. The zero-order chi connectivity index (χ0) is 10.7. The zero-order valence-electron chi connectivity index (χ0n) is 9.32. The molecule has 14 heavy (non-hydrogen) atoms. The van der Waals surface area contributed by atoms with Crippen LogP contribution in [0.2, 0.25) is 0 Å². The predicted octanol–water partition coefficient (Wildman–Crippen LogP) is 1.09. The lowest BCUT2D eigenvalue weighted by Crippen LogP contribution is -2.32. The number of aryl methyl sites for hydroxylation is 2. The molecule has 1 heterocycles. The highest BCUT2D eigenvalue weighted by Gasteiger charge is 2.15. The molecule has 0 radical (unpaired) electrons. The van der Waals surface area contributed by atoms with E-state index in [2.05, 4.69) is 18.9 Å². The minimum Gasteiger partial charge on any atom is -0.473 e. The van der Waals surface area contributed by atoms with E-state index in [9.17, 15) is 0 Å². The maximum atomic E-state index is 5.75. The first-order valence-electron chi connectivity index (χ1n) is 4.92. The van der Waals surface area contributed by atoms with Crippen molar-refractivity contribution in [3.8, 4) is 5.88 Å². The summed E-state index contributed by atoms with van der Waals surface area (Å²) in [6, 6.07) is 1.92. The third-order valence-corrected chi connectivity index (χ3v) is 2.21. The Labute approximate surface area is 85.0 Å². The van der Waals surface area contributed by atoms with Gasteiger partial charge in [-0.15, -0.1) is 0 Å². The van der Waals surface area contributed by atoms with Gasteiger partial charge in [-0.1, -0.05) is 13.8 Å². The summed E-state index contributed by atoms with van der Waals surface area (Å²) < 4.78 is 7.49. The summed E-state index contributed by atoms with van der Waals surface area (Å²) in [5.74, 6) is 1.20. The van der Waals surface area contributed by atoms with Gasteiger partial charge >= 0.3 is 0 Å². The van der Waals surface area contributed by atoms with E-state index in [4.69, 9.17) is 10.5 Å². The Balaban J connectivity index is 2.71. The molecule has 1 aromatic rings. The van der Waals surface area contributed by atoms with Crippen LogP contribution in [-0.4, -0.2) is 22.4 Å². The minimum absolute atomic E-state index is 0.0600. The Kier molecular flexibility index (Phi) is 3.52. The van der Waals surface area contributed by atoms with Crippen molar-refractivity contribution < 1.29 is 4.74 Å². The summed E-state index contributed by atoms with van der Waals surface area (Å²) >= 11 is 0. The van der Waals surface area contributed by atoms with Gasteiger partial charge in [-0.3, -0.25) is 0 Å². The molecule has 1 aromatic heterocycles. The molecule has 2 N–H and O–H groups in total. The summed E-state index contributed by atoms with van der Waals surface area (Å²) in [6.45, 7) is 6.67. The van der Waals surface area contributed by atoms with Gasteiger partial charge in [-0.25, -0.2) is 4.68 Å². The van der Waals surface area contributed by atoms with Crippen LogP contribution in [0.4, 0.5) is 0 Å². The van der Waals surface area contributed by atoms with Crippen molar-refractivity contribution in [2.24, 2.45) is 18.7 Å². The third-order valence-electron chi connectivity index (χ3n) is 2.21. The van der Waals surface area contributed by atoms with E-state index in [1.165, 1.54) is 0 Å². The molecule has 0 saturated carbocycles. The fourth-order valence-electron chi connectivity index (χ4n) is 1.31. The van der Waals surface area contributed by atoms with E-state index in [0.29, 0.717) is 12.5 Å². The lowest BCUT2D eigenvalue weighted by Gasteiger charge is -2.20. The van der Waals surface area contributed by atoms with Gasteiger partial charge in [0, 0.05) is 19.7 Å². The second-order valence-electron chi connectivity index (χ2n) is 3.88. The van der Waals surface area contributed by atoms with Crippen LogP contribution in [-0.2, 0) is 7.05 Å². The monoisotopic (exact) mass is 197 g/mol. The molecule has 1 atom stereocenters. The molecule has 0 aliphatic carbocycles. The van der Waals surface area contributed by atoms with Crippen molar-refractivity contribution in [3.05, 3.63) is 11.8 Å². The number of ether oxygens (including phenoxy) is 1. The fraction of sp³-hybridized carbons (Fsp3) is 0.700. The first kappa shape index (κ1) is 11.0. The van der Waals surface area contributed by atoms with Crippen LogP contribution in [0, 0.1) is 12.8 Å². The molecular weight excluding hydrogens is 178 g/mol. The van der Waals surface area contributed by atoms with E-state index < -0.39 is 0 Å². The second-order valence-corrected chi connectivity index (χ2v) is 3.88. The van der Waals surface area contributed by atoms with Gasteiger partial charge < -0.3 is 10.5 Å². The van der Waals surface area contributed by atoms with Gasteiger partial charge in [0.05, 0.1) is 5.69 Å². The maximum absolute atomic E-state index is 5.75. The van der Waals surface area contributed by atoms with Gasteiger partial charge in [0.25, 0.3) is 0 Å². The Morgan fingerprint density at radius 1 is 1.57 bits per heavy atom. The number of nitrogens with zero attached hydrogens (tertiary/aromatic N) is 2. The number of hydrogen-bond acceptors (Lipinski definition) is 3. The minimum atomic E-state index is 0.0600. The molecule has 0 saturated heterocycles. The first-order chi connectivity index (χ1) is 6.54. The van der Waals surface area contributed by atoms with Crippen LogP contribution in [0.3, 0.4) is 0 Å². The lowest BCUT2D eigenvalue weighted by atomic mass is 10.1. The average molecular weight is 197 g/mol. The van der Waals surface area contributed by atoms with E-state index in [1.807, 2.05) is 20.0 Å². The Morgan fingerprint density at radius 2 is 2.21 bits per heavy atom. The summed E-state index contributed by atoms with van der Waals surface area (Å²) in [4.78, 5) is 0. The Hall–Kier alpha value is -1.03. The number of rotatable bonds is 4. The molecule has 80 valence electrons. The predicted molar refractivity (Wildman–Crippen MR) is 56.3 cm³/mol. The highest BCUT2D eigenvalue weighted by atomic mass is 16.5. The smallest absolute Gasteiger partial charge is 0.212 e. The number of hydrogen-bond donors (Lipinski definition) is 1. The Morgan fingerprint density at radius 3 is 2.57 bits per heavy atom. The van der Waals surface area contributed by atoms with Crippen LogP contribution >= 0.6 is 0 Å². The maximum Gasteiger partial charge on any atom is 0.212 e. The summed E-state index contributed by atoms with van der Waals surface area (Å²) in [5.41, 5.74) is 6.58. The molecule has 4 heteroatoms. The molecule has 0 fully saturated rings. The summed E-state index contributed by atoms with van der Waals surface area (Å²) in [6.07, 6.45) is 0.0600. The standard InChI is InChI=1S/C10H19N3O/c1-7(2)9(6-11)14-10-5-8(3)12-13(10)4/h5,7,9H,6,11H2,1-4H3. The van der Waals surface area contributed by atoms with Gasteiger partial charge in [-0.05, 0) is 12.8 Å². The molecule has 1 rings (SSSR count). The largest absolute Gasteiger partial charge is 0.473 e. The normalized spacial score (nSPS) is 13.3. The van der Waals surface area contributed by atoms with Gasteiger partial charge in [0.2, 0.25) is 5.88 Å². The highest BCUT2D eigenvalue weighted by molar-refractivity contribution is 5.14. The molecule has 0 aromatic carbocycles. The van der Waals surface area contributed by atoms with Gasteiger partial charge in [0.15, 0.2) is 0 Å². The number of nitrogens with two attached hydrogens (primary N) is 1. The molecule has 0 bridgehead atoms. The van der Waals surface area contributed by atoms with Crippen molar-refractivity contribution in [2.45, 2.75) is 26.9 Å². The number of aromatic nitrogens is 2. The molecule has 0 aliphatic rings. The average Bonchev–Trinajstić information content (AvgIpc) is 2.40. The summed E-state index contributed by atoms with van der Waals surface area (Å²) in [5, 5.41) is 4.21. The first-order valence-corrected chi connectivity index (χ1v) is 4.92. The van der Waals surface area contributed by atoms with Crippen LogP contribution in [0.15, 0.2) is 6.07 Å². The highest BCUT2D eigenvalue weighted by Crippen LogP contribution is 2.15. The molecule has 1 unspecified atom stereocenters. The van der Waals surface area contributed by atoms with E-state index >= 15 is 0 Å². The topological polar surface area (TPSA) is 53.1 Å². The van der Waals surface area contributed by atoms with Crippen LogP contribution in [0.1, 0.15) is 19.5 Å². The van der Waals surface area contributed by atoms with E-state index in [1.54, 1.807) is 4.68 Å². The zero-order valence-corrected chi connectivity index (χ0v) is 9.32. The molecular formula is C10H19N3O. The lowest BCUT2D eigenvalue weighted by molar-refractivity contribution is 0.146. The van der Waals surface area contributed by atoms with Crippen molar-refractivity contribution in [1.82, 2.24) is 9.78 Å². The molecule has 4 nitrogen and oxygen atoms in total.